The van der Waals surface area contributed by atoms with Gasteiger partial charge < -0.3 is 15.3 Å². The van der Waals surface area contributed by atoms with E-state index >= 15 is 0 Å². The molecular formula is C24H17ClO5. The third-order valence-electron chi connectivity index (χ3n) is 5.06. The van der Waals surface area contributed by atoms with E-state index in [2.05, 4.69) is 0 Å². The van der Waals surface area contributed by atoms with Gasteiger partial charge in [0.1, 0.15) is 11.5 Å². The Morgan fingerprint density at radius 1 is 0.900 bits per heavy atom. The lowest BCUT2D eigenvalue weighted by atomic mass is 9.81. The van der Waals surface area contributed by atoms with Crippen molar-refractivity contribution in [3.63, 3.8) is 0 Å². The molecule has 1 atom stereocenters. The molecule has 0 bridgehead atoms. The van der Waals surface area contributed by atoms with E-state index in [0.29, 0.717) is 5.02 Å². The number of halogens is 1. The number of fused-ring (bicyclic) bond motifs is 2. The number of phenolic OH excluding ortho intramolecular Hbond substituents is 2. The van der Waals surface area contributed by atoms with Crippen molar-refractivity contribution >= 4 is 29.2 Å². The number of phenols is 2. The van der Waals surface area contributed by atoms with Crippen LogP contribution in [0, 0.1) is 0 Å². The minimum atomic E-state index is -1.20. The quantitative estimate of drug-likeness (QED) is 0.417. The normalized spacial score (nSPS) is 13.9. The van der Waals surface area contributed by atoms with Crippen molar-refractivity contribution in [3.05, 3.63) is 99.1 Å². The van der Waals surface area contributed by atoms with Crippen LogP contribution in [-0.4, -0.2) is 26.9 Å². The third kappa shape index (κ3) is 3.38. The average Bonchev–Trinajstić information content (AvgIpc) is 2.73. The van der Waals surface area contributed by atoms with Crippen LogP contribution in [0.4, 0.5) is 0 Å². The van der Waals surface area contributed by atoms with Gasteiger partial charge in [0.15, 0.2) is 11.6 Å². The van der Waals surface area contributed by atoms with Crippen LogP contribution >= 0.6 is 11.6 Å². The van der Waals surface area contributed by atoms with Crippen LogP contribution in [0.5, 0.6) is 11.5 Å². The lowest BCUT2D eigenvalue weighted by molar-refractivity contribution is 0.0973. The Morgan fingerprint density at radius 2 is 1.57 bits per heavy atom. The summed E-state index contributed by atoms with van der Waals surface area (Å²) in [5.41, 5.74) is 0.597. The van der Waals surface area contributed by atoms with Crippen molar-refractivity contribution in [2.75, 3.05) is 0 Å². The van der Waals surface area contributed by atoms with Gasteiger partial charge in [-0.2, -0.15) is 0 Å². The summed E-state index contributed by atoms with van der Waals surface area (Å²) in [6.45, 7) is 0. The van der Waals surface area contributed by atoms with Gasteiger partial charge in [-0.1, -0.05) is 60.2 Å². The van der Waals surface area contributed by atoms with Gasteiger partial charge in [0, 0.05) is 21.7 Å². The van der Waals surface area contributed by atoms with Gasteiger partial charge in [0.2, 0.25) is 0 Å². The van der Waals surface area contributed by atoms with E-state index in [9.17, 15) is 24.9 Å². The van der Waals surface area contributed by atoms with E-state index in [4.69, 9.17) is 11.6 Å². The second-order valence-corrected chi connectivity index (χ2v) is 7.43. The molecule has 3 aromatic carbocycles. The molecule has 3 N–H and O–H groups in total. The largest absolute Gasteiger partial charge is 0.507 e. The summed E-state index contributed by atoms with van der Waals surface area (Å²) in [6.07, 6.45) is 2.36. The fourth-order valence-electron chi connectivity index (χ4n) is 3.60. The highest BCUT2D eigenvalue weighted by Crippen LogP contribution is 2.42. The second-order valence-electron chi connectivity index (χ2n) is 7.00. The zero-order valence-electron chi connectivity index (χ0n) is 15.7. The number of hydrogen-bond acceptors (Lipinski definition) is 5. The highest BCUT2D eigenvalue weighted by molar-refractivity contribution is 6.31. The predicted molar refractivity (Wildman–Crippen MR) is 113 cm³/mol. The number of hydrogen-bond donors (Lipinski definition) is 3. The van der Waals surface area contributed by atoms with Crippen LogP contribution in [0.15, 0.2) is 60.7 Å². The molecule has 0 fully saturated rings. The lowest BCUT2D eigenvalue weighted by Gasteiger charge is -2.22. The summed E-state index contributed by atoms with van der Waals surface area (Å²) in [7, 11) is 0. The second kappa shape index (κ2) is 7.78. The molecule has 0 amide bonds. The standard InChI is InChI=1S/C24H17ClO5/c25-14-7-3-5-13(11-14)6-4-10-18(26)17-12-19(27)20-21(24(17)30)23(29)16-9-2-1-8-15(16)22(20)28/h1-9,11-12,18,26-27,30H,10H2/b6-4+. The maximum atomic E-state index is 12.9. The van der Waals surface area contributed by atoms with Crippen LogP contribution in [0.3, 0.4) is 0 Å². The molecule has 150 valence electrons. The van der Waals surface area contributed by atoms with Crippen molar-refractivity contribution in [1.29, 1.82) is 0 Å². The Kier molecular flexibility index (Phi) is 5.16. The third-order valence-corrected chi connectivity index (χ3v) is 5.29. The van der Waals surface area contributed by atoms with Crippen LogP contribution in [-0.2, 0) is 0 Å². The summed E-state index contributed by atoms with van der Waals surface area (Å²) in [6, 6.07) is 14.5. The number of carbonyl (C=O) groups is 2. The fourth-order valence-corrected chi connectivity index (χ4v) is 3.80. The first-order valence-electron chi connectivity index (χ1n) is 9.26. The van der Waals surface area contributed by atoms with Crippen molar-refractivity contribution in [2.24, 2.45) is 0 Å². The first-order chi connectivity index (χ1) is 14.4. The molecule has 0 saturated carbocycles. The van der Waals surface area contributed by atoms with E-state index in [1.807, 2.05) is 6.07 Å². The average molecular weight is 421 g/mol. The Morgan fingerprint density at radius 3 is 2.23 bits per heavy atom. The minimum Gasteiger partial charge on any atom is -0.507 e. The Balaban J connectivity index is 1.68. The molecule has 0 aromatic heterocycles. The van der Waals surface area contributed by atoms with Crippen molar-refractivity contribution in [3.8, 4) is 11.5 Å². The van der Waals surface area contributed by atoms with E-state index in [1.54, 1.807) is 42.5 Å². The first kappa shape index (κ1) is 19.9. The Hall–Kier alpha value is -3.41. The Bertz CT molecular complexity index is 1210. The van der Waals surface area contributed by atoms with E-state index in [-0.39, 0.29) is 34.2 Å². The minimum absolute atomic E-state index is 0.0254. The van der Waals surface area contributed by atoms with Crippen molar-refractivity contribution < 1.29 is 24.9 Å². The molecule has 0 radical (unpaired) electrons. The molecule has 0 heterocycles. The maximum absolute atomic E-state index is 12.9. The van der Waals surface area contributed by atoms with Gasteiger partial charge in [0.25, 0.3) is 0 Å². The SMILES string of the molecule is O=C1c2ccccc2C(=O)c2c(O)c(C(O)C/C=C/c3cccc(Cl)c3)cc(O)c21. The van der Waals surface area contributed by atoms with E-state index < -0.39 is 29.2 Å². The smallest absolute Gasteiger partial charge is 0.198 e. The van der Waals surface area contributed by atoms with Gasteiger partial charge in [-0.25, -0.2) is 0 Å². The number of rotatable bonds is 4. The monoisotopic (exact) mass is 420 g/mol. The molecule has 1 aliphatic rings. The summed E-state index contributed by atoms with van der Waals surface area (Å²) in [5, 5.41) is 32.3. The number of aromatic hydroxyl groups is 2. The van der Waals surface area contributed by atoms with Crippen molar-refractivity contribution in [1.82, 2.24) is 0 Å². The highest BCUT2D eigenvalue weighted by atomic mass is 35.5. The summed E-state index contributed by atoms with van der Waals surface area (Å²) < 4.78 is 0. The van der Waals surface area contributed by atoms with Crippen LogP contribution in [0.2, 0.25) is 5.02 Å². The number of ketones is 2. The highest BCUT2D eigenvalue weighted by Gasteiger charge is 2.36. The molecule has 0 aliphatic heterocycles. The first-order valence-corrected chi connectivity index (χ1v) is 9.63. The Labute approximate surface area is 177 Å². The zero-order valence-corrected chi connectivity index (χ0v) is 16.4. The van der Waals surface area contributed by atoms with Gasteiger partial charge in [-0.3, -0.25) is 9.59 Å². The topological polar surface area (TPSA) is 94.8 Å². The summed E-state index contributed by atoms with van der Waals surface area (Å²) in [5.74, 6) is -2.07. The molecule has 5 nitrogen and oxygen atoms in total. The summed E-state index contributed by atoms with van der Waals surface area (Å²) in [4.78, 5) is 25.7. The number of aliphatic hydroxyl groups excluding tert-OH is 1. The van der Waals surface area contributed by atoms with Crippen LogP contribution in [0.1, 0.15) is 55.5 Å². The van der Waals surface area contributed by atoms with Crippen LogP contribution in [0.25, 0.3) is 6.08 Å². The van der Waals surface area contributed by atoms with Gasteiger partial charge in [-0.05, 0) is 30.2 Å². The van der Waals surface area contributed by atoms with Crippen molar-refractivity contribution in [2.45, 2.75) is 12.5 Å². The number of aliphatic hydroxyl groups is 1. The maximum Gasteiger partial charge on any atom is 0.198 e. The molecular weight excluding hydrogens is 404 g/mol. The van der Waals surface area contributed by atoms with E-state index in [0.717, 1.165) is 11.6 Å². The molecule has 6 heteroatoms. The molecule has 1 unspecified atom stereocenters. The molecule has 1 aliphatic carbocycles. The fraction of sp³-hybridized carbons (Fsp3) is 0.0833. The molecule has 3 aromatic rings. The number of carbonyl (C=O) groups excluding carboxylic acids is 2. The lowest BCUT2D eigenvalue weighted by Crippen LogP contribution is -2.22. The molecule has 30 heavy (non-hydrogen) atoms. The zero-order chi connectivity index (χ0) is 21.4. The van der Waals surface area contributed by atoms with Gasteiger partial charge in [-0.15, -0.1) is 0 Å². The van der Waals surface area contributed by atoms with E-state index in [1.165, 1.54) is 12.1 Å². The summed E-state index contributed by atoms with van der Waals surface area (Å²) >= 11 is 5.95. The molecule has 4 rings (SSSR count). The van der Waals surface area contributed by atoms with Gasteiger partial charge in [0.05, 0.1) is 17.2 Å². The molecule has 0 saturated heterocycles. The number of benzene rings is 3. The van der Waals surface area contributed by atoms with Crippen LogP contribution < -0.4 is 0 Å². The van der Waals surface area contributed by atoms with Gasteiger partial charge >= 0.3 is 0 Å². The molecule has 0 spiro atoms. The predicted octanol–water partition coefficient (Wildman–Crippen LogP) is 4.66.